The Morgan fingerprint density at radius 3 is 2.29 bits per heavy atom. The molecule has 0 bridgehead atoms. The van der Waals surface area contributed by atoms with Gasteiger partial charge in [-0.25, -0.2) is 4.98 Å². The molecule has 0 atom stereocenters. The van der Waals surface area contributed by atoms with Crippen molar-refractivity contribution >= 4 is 34.0 Å². The van der Waals surface area contributed by atoms with E-state index in [0.717, 1.165) is 22.1 Å². The first-order valence-electron chi connectivity index (χ1n) is 5.43. The van der Waals surface area contributed by atoms with Crippen molar-refractivity contribution in [3.63, 3.8) is 0 Å². The van der Waals surface area contributed by atoms with Crippen molar-refractivity contribution in [3.8, 4) is 5.75 Å². The Morgan fingerprint density at radius 2 is 1.71 bits per heavy atom. The highest BCUT2D eigenvalue weighted by Gasteiger charge is 2.08. The molecule has 0 radical (unpaired) electrons. The molecular formula is C13H15Cl2NO. The average molecular weight is 272 g/mol. The molecule has 2 nitrogen and oxygen atoms in total. The van der Waals surface area contributed by atoms with E-state index in [1.807, 2.05) is 39.0 Å². The van der Waals surface area contributed by atoms with Crippen LogP contribution in [-0.2, 0) is 0 Å². The molecule has 92 valence electrons. The molecule has 4 heteroatoms. The van der Waals surface area contributed by atoms with Gasteiger partial charge >= 0.3 is 0 Å². The Kier molecular flexibility index (Phi) is 5.03. The zero-order valence-corrected chi connectivity index (χ0v) is 11.9. The monoisotopic (exact) mass is 271 g/mol. The lowest BCUT2D eigenvalue weighted by molar-refractivity contribution is 0.415. The van der Waals surface area contributed by atoms with Gasteiger partial charge in [0, 0.05) is 5.39 Å². The SMILES string of the molecule is CC.COc1ccc2c(C)c(Cl)nc(Cl)c2c1. The molecule has 1 heterocycles. The van der Waals surface area contributed by atoms with Gasteiger partial charge in [-0.3, -0.25) is 0 Å². The molecule has 0 spiro atoms. The van der Waals surface area contributed by atoms with Gasteiger partial charge in [0.1, 0.15) is 16.1 Å². The molecule has 0 aliphatic carbocycles. The molecule has 2 rings (SSSR count). The number of ether oxygens (including phenoxy) is 1. The fourth-order valence-electron chi connectivity index (χ4n) is 1.49. The van der Waals surface area contributed by atoms with Crippen LogP contribution in [-0.4, -0.2) is 12.1 Å². The van der Waals surface area contributed by atoms with Crippen molar-refractivity contribution in [3.05, 3.63) is 34.1 Å². The number of methoxy groups -OCH3 is 1. The van der Waals surface area contributed by atoms with Crippen LogP contribution in [0.3, 0.4) is 0 Å². The highest BCUT2D eigenvalue weighted by molar-refractivity contribution is 6.37. The maximum absolute atomic E-state index is 6.01. The van der Waals surface area contributed by atoms with Gasteiger partial charge in [-0.15, -0.1) is 0 Å². The molecule has 2 aromatic rings. The largest absolute Gasteiger partial charge is 0.497 e. The van der Waals surface area contributed by atoms with Gasteiger partial charge in [-0.05, 0) is 30.0 Å². The van der Waals surface area contributed by atoms with E-state index in [1.54, 1.807) is 7.11 Å². The maximum Gasteiger partial charge on any atom is 0.138 e. The van der Waals surface area contributed by atoms with E-state index in [-0.39, 0.29) is 0 Å². The average Bonchev–Trinajstić information content (AvgIpc) is 2.38. The molecule has 1 aromatic heterocycles. The minimum Gasteiger partial charge on any atom is -0.497 e. The number of hydrogen-bond acceptors (Lipinski definition) is 2. The highest BCUT2D eigenvalue weighted by Crippen LogP contribution is 2.31. The van der Waals surface area contributed by atoms with Crippen molar-refractivity contribution in [2.75, 3.05) is 7.11 Å². The number of aryl methyl sites for hydroxylation is 1. The number of fused-ring (bicyclic) bond motifs is 1. The van der Waals surface area contributed by atoms with Crippen LogP contribution in [0.1, 0.15) is 19.4 Å². The third-order valence-corrected chi connectivity index (χ3v) is 3.01. The normalized spacial score (nSPS) is 9.76. The minimum absolute atomic E-state index is 0.402. The number of benzene rings is 1. The molecule has 17 heavy (non-hydrogen) atoms. The van der Waals surface area contributed by atoms with Crippen LogP contribution in [0, 0.1) is 6.92 Å². The van der Waals surface area contributed by atoms with E-state index in [9.17, 15) is 0 Å². The molecule has 0 saturated heterocycles. The number of aromatic nitrogens is 1. The Labute approximate surface area is 112 Å². The molecule has 1 aromatic carbocycles. The number of pyridine rings is 1. The van der Waals surface area contributed by atoms with E-state index in [2.05, 4.69) is 4.98 Å². The third-order valence-electron chi connectivity index (χ3n) is 2.36. The summed E-state index contributed by atoms with van der Waals surface area (Å²) < 4.78 is 5.13. The van der Waals surface area contributed by atoms with Crippen LogP contribution in [0.15, 0.2) is 18.2 Å². The molecular weight excluding hydrogens is 257 g/mol. The van der Waals surface area contributed by atoms with E-state index >= 15 is 0 Å². The first-order valence-corrected chi connectivity index (χ1v) is 6.18. The molecule has 0 aliphatic heterocycles. The lowest BCUT2D eigenvalue weighted by Gasteiger charge is -2.07. The highest BCUT2D eigenvalue weighted by atomic mass is 35.5. The molecule has 0 saturated carbocycles. The Balaban J connectivity index is 0.000000686. The second-order valence-corrected chi connectivity index (χ2v) is 3.95. The van der Waals surface area contributed by atoms with Crippen LogP contribution < -0.4 is 4.74 Å². The molecule has 0 aliphatic rings. The lowest BCUT2D eigenvalue weighted by Crippen LogP contribution is -1.89. The van der Waals surface area contributed by atoms with Crippen LogP contribution in [0.25, 0.3) is 10.8 Å². The summed E-state index contributed by atoms with van der Waals surface area (Å²) in [7, 11) is 1.62. The number of halogens is 2. The van der Waals surface area contributed by atoms with Crippen molar-refractivity contribution in [2.24, 2.45) is 0 Å². The summed E-state index contributed by atoms with van der Waals surface area (Å²) in [6, 6.07) is 5.67. The topological polar surface area (TPSA) is 22.1 Å². The van der Waals surface area contributed by atoms with Crippen molar-refractivity contribution in [1.29, 1.82) is 0 Å². The second kappa shape index (κ2) is 6.08. The van der Waals surface area contributed by atoms with Crippen LogP contribution >= 0.6 is 23.2 Å². The zero-order valence-electron chi connectivity index (χ0n) is 10.3. The Hall–Kier alpha value is -0.990. The van der Waals surface area contributed by atoms with Crippen LogP contribution in [0.2, 0.25) is 10.3 Å². The summed E-state index contributed by atoms with van der Waals surface area (Å²) in [6.07, 6.45) is 0. The van der Waals surface area contributed by atoms with E-state index in [4.69, 9.17) is 27.9 Å². The zero-order chi connectivity index (χ0) is 13.0. The first kappa shape index (κ1) is 14.1. The standard InChI is InChI=1S/C11H9Cl2NO.C2H6/c1-6-8-4-3-7(15-2)5-9(8)11(13)14-10(6)12;1-2/h3-5H,1-2H3;1-2H3. The molecule has 0 fully saturated rings. The smallest absolute Gasteiger partial charge is 0.138 e. The quantitative estimate of drug-likeness (QED) is 0.690. The van der Waals surface area contributed by atoms with E-state index < -0.39 is 0 Å². The predicted molar refractivity (Wildman–Crippen MR) is 74.4 cm³/mol. The summed E-state index contributed by atoms with van der Waals surface area (Å²) in [6.45, 7) is 5.92. The number of rotatable bonds is 1. The van der Waals surface area contributed by atoms with Crippen molar-refractivity contribution in [2.45, 2.75) is 20.8 Å². The number of nitrogens with zero attached hydrogens (tertiary/aromatic N) is 1. The van der Waals surface area contributed by atoms with E-state index in [0.29, 0.717) is 10.3 Å². The first-order chi connectivity index (χ1) is 8.13. The van der Waals surface area contributed by atoms with Crippen molar-refractivity contribution < 1.29 is 4.74 Å². The van der Waals surface area contributed by atoms with Gasteiger partial charge in [0.05, 0.1) is 7.11 Å². The molecule has 0 amide bonds. The lowest BCUT2D eigenvalue weighted by atomic mass is 10.1. The van der Waals surface area contributed by atoms with Crippen molar-refractivity contribution in [1.82, 2.24) is 4.98 Å². The van der Waals surface area contributed by atoms with Crippen LogP contribution in [0.4, 0.5) is 0 Å². The van der Waals surface area contributed by atoms with Gasteiger partial charge in [0.15, 0.2) is 0 Å². The van der Waals surface area contributed by atoms with E-state index in [1.165, 1.54) is 0 Å². The Morgan fingerprint density at radius 1 is 1.06 bits per heavy atom. The van der Waals surface area contributed by atoms with Gasteiger partial charge in [0.25, 0.3) is 0 Å². The molecule has 0 N–H and O–H groups in total. The predicted octanol–water partition coefficient (Wildman–Crippen LogP) is 4.88. The van der Waals surface area contributed by atoms with Gasteiger partial charge in [-0.1, -0.05) is 43.1 Å². The minimum atomic E-state index is 0.402. The third kappa shape index (κ3) is 2.82. The van der Waals surface area contributed by atoms with Crippen LogP contribution in [0.5, 0.6) is 5.75 Å². The fourth-order valence-corrected chi connectivity index (χ4v) is 1.96. The summed E-state index contributed by atoms with van der Waals surface area (Å²) in [4.78, 5) is 4.05. The second-order valence-electron chi connectivity index (χ2n) is 3.23. The summed E-state index contributed by atoms with van der Waals surface area (Å²) in [5.41, 5.74) is 0.929. The summed E-state index contributed by atoms with van der Waals surface area (Å²) in [5.74, 6) is 0.757. The van der Waals surface area contributed by atoms with Gasteiger partial charge in [0.2, 0.25) is 0 Å². The van der Waals surface area contributed by atoms with Gasteiger partial charge < -0.3 is 4.74 Å². The maximum atomic E-state index is 6.01. The summed E-state index contributed by atoms with van der Waals surface area (Å²) >= 11 is 12.0. The Bertz CT molecular complexity index is 526. The molecule has 0 unspecified atom stereocenters. The van der Waals surface area contributed by atoms with Gasteiger partial charge in [-0.2, -0.15) is 0 Å². The number of hydrogen-bond donors (Lipinski definition) is 0. The fraction of sp³-hybridized carbons (Fsp3) is 0.308. The summed E-state index contributed by atoms with van der Waals surface area (Å²) in [5, 5.41) is 2.70.